The molecule has 0 amide bonds. The predicted octanol–water partition coefficient (Wildman–Crippen LogP) is 3.16. The van der Waals surface area contributed by atoms with E-state index < -0.39 is 8.56 Å². The Bertz CT molecular complexity index is 442. The van der Waals surface area contributed by atoms with Crippen LogP contribution in [0, 0.1) is 0 Å². The Morgan fingerprint density at radius 2 is 2.19 bits per heavy atom. The first-order valence-corrected chi connectivity index (χ1v) is 9.94. The maximum Gasteiger partial charge on any atom is 0.335 e. The van der Waals surface area contributed by atoms with Gasteiger partial charge in [-0.15, -0.1) is 0 Å². The normalized spacial score (nSPS) is 26.7. The molecule has 2 atom stereocenters. The van der Waals surface area contributed by atoms with Gasteiger partial charge in [-0.3, -0.25) is 0 Å². The van der Waals surface area contributed by atoms with Crippen molar-refractivity contribution in [1.82, 2.24) is 0 Å². The van der Waals surface area contributed by atoms with Crippen molar-refractivity contribution >= 4 is 14.2 Å². The van der Waals surface area contributed by atoms with Gasteiger partial charge in [-0.25, -0.2) is 0 Å². The van der Waals surface area contributed by atoms with Gasteiger partial charge in [0.05, 0.1) is 12.7 Å². The molecule has 1 aromatic carbocycles. The summed E-state index contributed by atoms with van der Waals surface area (Å²) in [7, 11) is -0.320. The summed E-state index contributed by atoms with van der Waals surface area (Å²) in [6.45, 7) is 8.15. The third-order valence-electron chi connectivity index (χ3n) is 3.78. The van der Waals surface area contributed by atoms with Gasteiger partial charge in [-0.1, -0.05) is 24.8 Å². The predicted molar refractivity (Wildman–Crippen MR) is 87.7 cm³/mol. The van der Waals surface area contributed by atoms with Crippen LogP contribution in [0.5, 0.6) is 0 Å². The lowest BCUT2D eigenvalue weighted by molar-refractivity contribution is 0.0217. The topological polar surface area (TPSA) is 30.9 Å². The number of anilines is 1. The molecule has 116 valence electrons. The molecule has 0 aliphatic carbocycles. The Hall–Kier alpha value is -1.14. The third kappa shape index (κ3) is 4.67. The van der Waals surface area contributed by atoms with Crippen LogP contribution in [0.25, 0.3) is 0 Å². The van der Waals surface area contributed by atoms with Crippen LogP contribution in [0.1, 0.15) is 6.42 Å². The molecule has 21 heavy (non-hydrogen) atoms. The molecule has 0 saturated carbocycles. The monoisotopic (exact) mass is 307 g/mol. The molecule has 1 fully saturated rings. The summed E-state index contributed by atoms with van der Waals surface area (Å²) in [6.07, 6.45) is 2.84. The average Bonchev–Trinajstić information content (AvgIpc) is 2.50. The molecule has 1 aliphatic heterocycles. The minimum Gasteiger partial charge on any atom is -0.398 e. The fraction of sp³-hybridized carbons (Fsp3) is 0.500. The van der Waals surface area contributed by atoms with Crippen LogP contribution in [0.3, 0.4) is 0 Å². The van der Waals surface area contributed by atoms with E-state index in [0.717, 1.165) is 31.3 Å². The second-order valence-electron chi connectivity index (χ2n) is 5.43. The summed E-state index contributed by atoms with van der Waals surface area (Å²) in [5, 5.41) is 0. The molecule has 0 N–H and O–H groups in total. The quantitative estimate of drug-likeness (QED) is 0.782. The van der Waals surface area contributed by atoms with Crippen molar-refractivity contribution in [2.24, 2.45) is 0 Å². The fourth-order valence-corrected chi connectivity index (χ4v) is 4.57. The Morgan fingerprint density at radius 1 is 1.43 bits per heavy atom. The van der Waals surface area contributed by atoms with E-state index in [1.54, 1.807) is 7.11 Å². The lowest BCUT2D eigenvalue weighted by Gasteiger charge is -2.35. The number of benzene rings is 1. The summed E-state index contributed by atoms with van der Waals surface area (Å²) in [5.74, 6) is 0. The van der Waals surface area contributed by atoms with Gasteiger partial charge in [0.15, 0.2) is 0 Å². The van der Waals surface area contributed by atoms with Gasteiger partial charge in [0.25, 0.3) is 0 Å². The summed E-state index contributed by atoms with van der Waals surface area (Å²) < 4.78 is 17.7. The number of para-hydroxylation sites is 1. The minimum absolute atomic E-state index is 0.000114. The van der Waals surface area contributed by atoms with Crippen molar-refractivity contribution in [2.45, 2.75) is 25.1 Å². The molecule has 4 nitrogen and oxygen atoms in total. The molecule has 0 radical (unpaired) electrons. The summed E-state index contributed by atoms with van der Waals surface area (Å²) >= 11 is 0. The van der Waals surface area contributed by atoms with Gasteiger partial charge >= 0.3 is 8.56 Å². The highest BCUT2D eigenvalue weighted by molar-refractivity contribution is 6.66. The van der Waals surface area contributed by atoms with E-state index >= 15 is 0 Å². The molecule has 5 heteroatoms. The molecule has 0 spiro atoms. The molecule has 1 heterocycles. The van der Waals surface area contributed by atoms with Crippen LogP contribution in [-0.4, -0.2) is 41.5 Å². The van der Waals surface area contributed by atoms with E-state index in [1.165, 1.54) is 0 Å². The van der Waals surface area contributed by atoms with E-state index in [1.807, 2.05) is 24.4 Å². The first-order chi connectivity index (χ1) is 10.2. The molecule has 1 saturated heterocycles. The summed E-state index contributed by atoms with van der Waals surface area (Å²) in [4.78, 5) is 2.10. The van der Waals surface area contributed by atoms with E-state index in [-0.39, 0.29) is 6.10 Å². The van der Waals surface area contributed by atoms with Gasteiger partial charge < -0.3 is 18.5 Å². The van der Waals surface area contributed by atoms with E-state index in [9.17, 15) is 0 Å². The fourth-order valence-electron chi connectivity index (χ4n) is 2.52. The maximum absolute atomic E-state index is 6.28. The first-order valence-electron chi connectivity index (χ1n) is 7.42. The van der Waals surface area contributed by atoms with Crippen molar-refractivity contribution in [3.63, 3.8) is 0 Å². The summed E-state index contributed by atoms with van der Waals surface area (Å²) in [5.41, 5.74) is 1.11. The SMILES string of the molecule is C=CN(CC1COCCC[Si](C)(OC)O1)c1ccccc1. The second-order valence-corrected chi connectivity index (χ2v) is 8.84. The lowest BCUT2D eigenvalue weighted by Crippen LogP contribution is -2.47. The third-order valence-corrected chi connectivity index (χ3v) is 6.74. The second kappa shape index (κ2) is 7.75. The Balaban J connectivity index is 2.05. The maximum atomic E-state index is 6.28. The molecule has 1 aliphatic rings. The Kier molecular flexibility index (Phi) is 5.99. The Morgan fingerprint density at radius 3 is 2.86 bits per heavy atom. The van der Waals surface area contributed by atoms with Crippen LogP contribution in [-0.2, 0) is 13.6 Å². The van der Waals surface area contributed by atoms with Gasteiger partial charge in [0, 0.05) is 25.9 Å². The zero-order valence-corrected chi connectivity index (χ0v) is 14.0. The van der Waals surface area contributed by atoms with Gasteiger partial charge in [0.1, 0.15) is 0 Å². The smallest absolute Gasteiger partial charge is 0.335 e. The number of nitrogens with zero attached hydrogens (tertiary/aromatic N) is 1. The summed E-state index contributed by atoms with van der Waals surface area (Å²) in [6, 6.07) is 11.2. The van der Waals surface area contributed by atoms with Gasteiger partial charge in [0.2, 0.25) is 0 Å². The standard InChI is InChI=1S/C16H25NO3Si/c1-4-17(15-9-6-5-7-10-15)13-16-14-19-11-8-12-21(3,18-2)20-16/h4-7,9-10,16H,1,8,11-14H2,2-3H3. The molecule has 2 rings (SSSR count). The lowest BCUT2D eigenvalue weighted by atomic mass is 10.2. The number of rotatable bonds is 5. The highest BCUT2D eigenvalue weighted by atomic mass is 28.4. The van der Waals surface area contributed by atoms with Crippen molar-refractivity contribution in [3.05, 3.63) is 43.1 Å². The first kappa shape index (κ1) is 16.2. The minimum atomic E-state index is -2.08. The Labute approximate surface area is 128 Å². The van der Waals surface area contributed by atoms with Crippen molar-refractivity contribution in [2.75, 3.05) is 31.8 Å². The van der Waals surface area contributed by atoms with Crippen LogP contribution in [0.4, 0.5) is 5.69 Å². The number of hydrogen-bond donors (Lipinski definition) is 0. The van der Waals surface area contributed by atoms with Gasteiger partial charge in [-0.2, -0.15) is 0 Å². The number of ether oxygens (including phenoxy) is 1. The molecule has 0 bridgehead atoms. The number of hydrogen-bond acceptors (Lipinski definition) is 4. The van der Waals surface area contributed by atoms with E-state index in [2.05, 4.69) is 30.2 Å². The van der Waals surface area contributed by atoms with E-state index in [0.29, 0.717) is 6.61 Å². The molecule has 0 aromatic heterocycles. The highest BCUT2D eigenvalue weighted by Gasteiger charge is 2.35. The van der Waals surface area contributed by atoms with Crippen molar-refractivity contribution in [3.8, 4) is 0 Å². The molecular weight excluding hydrogens is 282 g/mol. The molecular formula is C16H25NO3Si. The van der Waals surface area contributed by atoms with Crippen molar-refractivity contribution < 1.29 is 13.6 Å². The van der Waals surface area contributed by atoms with Gasteiger partial charge in [-0.05, 0) is 37.3 Å². The van der Waals surface area contributed by atoms with Crippen LogP contribution < -0.4 is 4.90 Å². The van der Waals surface area contributed by atoms with Crippen molar-refractivity contribution in [1.29, 1.82) is 0 Å². The van der Waals surface area contributed by atoms with Crippen LogP contribution >= 0.6 is 0 Å². The largest absolute Gasteiger partial charge is 0.398 e. The zero-order chi connectivity index (χ0) is 15.1. The molecule has 2 unspecified atom stereocenters. The average molecular weight is 307 g/mol. The van der Waals surface area contributed by atoms with Crippen LogP contribution in [0.15, 0.2) is 43.1 Å². The van der Waals surface area contributed by atoms with Crippen LogP contribution in [0.2, 0.25) is 12.6 Å². The zero-order valence-electron chi connectivity index (χ0n) is 13.0. The molecule has 1 aromatic rings. The van der Waals surface area contributed by atoms with E-state index in [4.69, 9.17) is 13.6 Å². The highest BCUT2D eigenvalue weighted by Crippen LogP contribution is 2.22.